The number of nitrogens with one attached hydrogen (secondary N) is 1. The fourth-order valence-electron chi connectivity index (χ4n) is 3.55. The molecule has 0 aliphatic carbocycles. The van der Waals surface area contributed by atoms with Crippen LogP contribution in [0.2, 0.25) is 0 Å². The van der Waals surface area contributed by atoms with Crippen molar-refractivity contribution in [2.75, 3.05) is 36.4 Å². The SMILES string of the molecule is CCc1cccc(CC)c1NC(=O)c1ccc(N2CCN(C(C)=O)CC2)nc1. The van der Waals surface area contributed by atoms with Gasteiger partial charge in [0, 0.05) is 45.0 Å². The number of aromatic nitrogens is 1. The van der Waals surface area contributed by atoms with Crippen LogP contribution in [-0.2, 0) is 17.6 Å². The molecule has 0 atom stereocenters. The van der Waals surface area contributed by atoms with Gasteiger partial charge in [0.2, 0.25) is 5.91 Å². The summed E-state index contributed by atoms with van der Waals surface area (Å²) in [5, 5.41) is 3.08. The molecule has 0 spiro atoms. The van der Waals surface area contributed by atoms with Crippen molar-refractivity contribution in [3.8, 4) is 0 Å². The molecule has 3 rings (SSSR count). The monoisotopic (exact) mass is 380 g/mol. The van der Waals surface area contributed by atoms with E-state index in [2.05, 4.69) is 41.2 Å². The minimum absolute atomic E-state index is 0.110. The number of benzene rings is 1. The molecule has 6 heteroatoms. The van der Waals surface area contributed by atoms with Gasteiger partial charge in [-0.25, -0.2) is 4.98 Å². The molecular formula is C22H28N4O2. The van der Waals surface area contributed by atoms with Crippen LogP contribution in [0.4, 0.5) is 11.5 Å². The lowest BCUT2D eigenvalue weighted by Gasteiger charge is -2.34. The third-order valence-corrected chi connectivity index (χ3v) is 5.30. The first kappa shape index (κ1) is 19.9. The zero-order chi connectivity index (χ0) is 20.1. The Kier molecular flexibility index (Phi) is 6.29. The highest BCUT2D eigenvalue weighted by Crippen LogP contribution is 2.23. The van der Waals surface area contributed by atoms with Crippen molar-refractivity contribution in [1.29, 1.82) is 0 Å². The Hall–Kier alpha value is -2.89. The number of amides is 2. The molecule has 1 fully saturated rings. The van der Waals surface area contributed by atoms with E-state index in [1.807, 2.05) is 23.1 Å². The molecule has 148 valence electrons. The molecule has 1 N–H and O–H groups in total. The third-order valence-electron chi connectivity index (χ3n) is 5.30. The van der Waals surface area contributed by atoms with E-state index in [0.717, 1.165) is 48.6 Å². The third kappa shape index (κ3) is 4.32. The number of carbonyl (C=O) groups is 2. The maximum absolute atomic E-state index is 12.7. The quantitative estimate of drug-likeness (QED) is 0.866. The first-order valence-electron chi connectivity index (χ1n) is 9.92. The van der Waals surface area contributed by atoms with Crippen LogP contribution >= 0.6 is 0 Å². The summed E-state index contributed by atoms with van der Waals surface area (Å²) < 4.78 is 0. The Morgan fingerprint density at radius 3 is 2.14 bits per heavy atom. The summed E-state index contributed by atoms with van der Waals surface area (Å²) in [5.74, 6) is 0.803. The molecule has 1 saturated heterocycles. The second-order valence-corrected chi connectivity index (χ2v) is 7.01. The van der Waals surface area contributed by atoms with Gasteiger partial charge >= 0.3 is 0 Å². The first-order valence-corrected chi connectivity index (χ1v) is 9.92. The molecule has 2 aromatic rings. The number of hydrogen-bond donors (Lipinski definition) is 1. The minimum Gasteiger partial charge on any atom is -0.353 e. The van der Waals surface area contributed by atoms with E-state index < -0.39 is 0 Å². The summed E-state index contributed by atoms with van der Waals surface area (Å²) in [6.45, 7) is 8.69. The maximum atomic E-state index is 12.7. The number of aryl methyl sites for hydroxylation is 2. The molecule has 2 heterocycles. The van der Waals surface area contributed by atoms with Gasteiger partial charge in [-0.3, -0.25) is 9.59 Å². The summed E-state index contributed by atoms with van der Waals surface area (Å²) in [7, 11) is 0. The Morgan fingerprint density at radius 1 is 1.00 bits per heavy atom. The van der Waals surface area contributed by atoms with Crippen molar-refractivity contribution in [3.05, 3.63) is 53.2 Å². The lowest BCUT2D eigenvalue weighted by molar-refractivity contribution is -0.129. The van der Waals surface area contributed by atoms with Crippen LogP contribution in [0.1, 0.15) is 42.3 Å². The van der Waals surface area contributed by atoms with Crippen LogP contribution in [0.3, 0.4) is 0 Å². The van der Waals surface area contributed by atoms with Gasteiger partial charge in [0.05, 0.1) is 5.56 Å². The van der Waals surface area contributed by atoms with Gasteiger partial charge in [-0.2, -0.15) is 0 Å². The molecule has 0 unspecified atom stereocenters. The smallest absolute Gasteiger partial charge is 0.257 e. The van der Waals surface area contributed by atoms with Crippen molar-refractivity contribution >= 4 is 23.3 Å². The average molecular weight is 380 g/mol. The lowest BCUT2D eigenvalue weighted by Crippen LogP contribution is -2.48. The molecule has 28 heavy (non-hydrogen) atoms. The van der Waals surface area contributed by atoms with E-state index in [1.165, 1.54) is 0 Å². The summed E-state index contributed by atoms with van der Waals surface area (Å²) in [6, 6.07) is 9.84. The molecule has 1 aromatic carbocycles. The summed E-state index contributed by atoms with van der Waals surface area (Å²) >= 11 is 0. The molecule has 1 aliphatic heterocycles. The second kappa shape index (κ2) is 8.87. The number of nitrogens with zero attached hydrogens (tertiary/aromatic N) is 3. The Balaban J connectivity index is 1.69. The number of para-hydroxylation sites is 1. The second-order valence-electron chi connectivity index (χ2n) is 7.01. The molecule has 1 aromatic heterocycles. The maximum Gasteiger partial charge on any atom is 0.257 e. The Morgan fingerprint density at radius 2 is 1.64 bits per heavy atom. The molecule has 0 bridgehead atoms. The molecule has 0 saturated carbocycles. The van der Waals surface area contributed by atoms with E-state index in [4.69, 9.17) is 0 Å². The van der Waals surface area contributed by atoms with Crippen LogP contribution in [-0.4, -0.2) is 47.9 Å². The van der Waals surface area contributed by atoms with Gasteiger partial charge in [0.25, 0.3) is 5.91 Å². The fourth-order valence-corrected chi connectivity index (χ4v) is 3.55. The highest BCUT2D eigenvalue weighted by atomic mass is 16.2. The molecule has 2 amide bonds. The van der Waals surface area contributed by atoms with E-state index in [1.54, 1.807) is 13.1 Å². The number of carbonyl (C=O) groups excluding carboxylic acids is 2. The van der Waals surface area contributed by atoms with E-state index >= 15 is 0 Å². The van der Waals surface area contributed by atoms with Crippen LogP contribution < -0.4 is 10.2 Å². The van der Waals surface area contributed by atoms with Crippen molar-refractivity contribution < 1.29 is 9.59 Å². The Labute approximate surface area is 166 Å². The predicted octanol–water partition coefficient (Wildman–Crippen LogP) is 3.13. The van der Waals surface area contributed by atoms with Crippen molar-refractivity contribution in [1.82, 2.24) is 9.88 Å². The van der Waals surface area contributed by atoms with Crippen LogP contribution in [0.15, 0.2) is 36.5 Å². The standard InChI is InChI=1S/C22H28N4O2/c1-4-17-7-6-8-18(5-2)21(17)24-22(28)19-9-10-20(23-15-19)26-13-11-25(12-14-26)16(3)27/h6-10,15H,4-5,11-14H2,1-3H3,(H,24,28). The van der Waals surface area contributed by atoms with Gasteiger partial charge in [-0.15, -0.1) is 0 Å². The summed E-state index contributed by atoms with van der Waals surface area (Å²) in [6.07, 6.45) is 3.36. The van der Waals surface area contributed by atoms with Crippen molar-refractivity contribution in [2.24, 2.45) is 0 Å². The Bertz CT molecular complexity index is 818. The van der Waals surface area contributed by atoms with Gasteiger partial charge in [-0.1, -0.05) is 32.0 Å². The first-order chi connectivity index (χ1) is 13.5. The van der Waals surface area contributed by atoms with Gasteiger partial charge in [-0.05, 0) is 36.1 Å². The van der Waals surface area contributed by atoms with Crippen molar-refractivity contribution in [2.45, 2.75) is 33.6 Å². The highest BCUT2D eigenvalue weighted by molar-refractivity contribution is 6.05. The number of pyridine rings is 1. The normalized spacial score (nSPS) is 14.1. The van der Waals surface area contributed by atoms with Crippen LogP contribution in [0, 0.1) is 0 Å². The van der Waals surface area contributed by atoms with E-state index in [-0.39, 0.29) is 11.8 Å². The lowest BCUT2D eigenvalue weighted by atomic mass is 10.0. The predicted molar refractivity (Wildman–Crippen MR) is 112 cm³/mol. The molecular weight excluding hydrogens is 352 g/mol. The number of hydrogen-bond acceptors (Lipinski definition) is 4. The van der Waals surface area contributed by atoms with Crippen LogP contribution in [0.25, 0.3) is 0 Å². The summed E-state index contributed by atoms with van der Waals surface area (Å²) in [5.41, 5.74) is 3.74. The van der Waals surface area contributed by atoms with Crippen molar-refractivity contribution in [3.63, 3.8) is 0 Å². The van der Waals surface area contributed by atoms with E-state index in [9.17, 15) is 9.59 Å². The number of anilines is 2. The molecule has 0 radical (unpaired) electrons. The molecule has 1 aliphatic rings. The van der Waals surface area contributed by atoms with Crippen LogP contribution in [0.5, 0.6) is 0 Å². The largest absolute Gasteiger partial charge is 0.353 e. The fraction of sp³-hybridized carbons (Fsp3) is 0.409. The summed E-state index contributed by atoms with van der Waals surface area (Å²) in [4.78, 5) is 32.7. The average Bonchev–Trinajstić information content (AvgIpc) is 2.74. The van der Waals surface area contributed by atoms with Gasteiger partial charge in [0.15, 0.2) is 0 Å². The zero-order valence-corrected chi connectivity index (χ0v) is 16.9. The van der Waals surface area contributed by atoms with Gasteiger partial charge in [0.1, 0.15) is 5.82 Å². The minimum atomic E-state index is -0.143. The zero-order valence-electron chi connectivity index (χ0n) is 16.9. The van der Waals surface area contributed by atoms with Gasteiger partial charge < -0.3 is 15.1 Å². The number of piperazine rings is 1. The van der Waals surface area contributed by atoms with E-state index in [0.29, 0.717) is 18.7 Å². The molecule has 6 nitrogen and oxygen atoms in total. The highest BCUT2D eigenvalue weighted by Gasteiger charge is 2.20. The number of rotatable bonds is 5. The topological polar surface area (TPSA) is 65.5 Å².